The predicted octanol–water partition coefficient (Wildman–Crippen LogP) is 0.254. The Labute approximate surface area is 55.6 Å². The summed E-state index contributed by atoms with van der Waals surface area (Å²) in [6.07, 6.45) is 2.48. The summed E-state index contributed by atoms with van der Waals surface area (Å²) in [7, 11) is 0. The van der Waals surface area contributed by atoms with Crippen molar-refractivity contribution in [2.75, 3.05) is 13.1 Å². The first kappa shape index (κ1) is 6.39. The van der Waals surface area contributed by atoms with Gasteiger partial charge in [-0.15, -0.1) is 0 Å². The first-order valence-corrected chi connectivity index (χ1v) is 3.40. The number of hydrogen-bond donors (Lipinski definition) is 2. The maximum Gasteiger partial charge on any atom is 0.0323 e. The summed E-state index contributed by atoms with van der Waals surface area (Å²) in [5.41, 5.74) is 5.43. The lowest BCUT2D eigenvalue weighted by molar-refractivity contribution is 0.449. The fraction of sp³-hybridized carbons (Fsp3) is 1.00. The smallest absolute Gasteiger partial charge is 0.0323 e. The highest BCUT2D eigenvalue weighted by molar-refractivity contribution is 7.77. The second-order valence-corrected chi connectivity index (χ2v) is 2.71. The van der Waals surface area contributed by atoms with Crippen LogP contribution in [0.2, 0.25) is 0 Å². The first-order chi connectivity index (χ1) is 3.84. The number of hydrogen-bond acceptors (Lipinski definition) is 3. The van der Waals surface area contributed by atoms with Gasteiger partial charge in [-0.2, -0.15) is 0 Å². The third-order valence-electron chi connectivity index (χ3n) is 1.62. The van der Waals surface area contributed by atoms with Crippen LogP contribution in [0.3, 0.4) is 0 Å². The van der Waals surface area contributed by atoms with Crippen molar-refractivity contribution >= 4 is 12.8 Å². The van der Waals surface area contributed by atoms with E-state index in [4.69, 9.17) is 5.73 Å². The molecule has 0 aliphatic carbocycles. The van der Waals surface area contributed by atoms with E-state index in [1.54, 1.807) is 0 Å². The van der Waals surface area contributed by atoms with E-state index in [0.29, 0.717) is 6.04 Å². The van der Waals surface area contributed by atoms with Crippen molar-refractivity contribution in [3.63, 3.8) is 0 Å². The summed E-state index contributed by atoms with van der Waals surface area (Å²) < 4.78 is 2.03. The van der Waals surface area contributed by atoms with Crippen molar-refractivity contribution in [1.82, 2.24) is 4.31 Å². The van der Waals surface area contributed by atoms with Gasteiger partial charge in [0.2, 0.25) is 0 Å². The van der Waals surface area contributed by atoms with E-state index in [-0.39, 0.29) is 0 Å². The van der Waals surface area contributed by atoms with E-state index in [1.807, 2.05) is 4.31 Å². The summed E-state index contributed by atoms with van der Waals surface area (Å²) in [5, 5.41) is 0. The molecule has 0 spiro atoms. The molecule has 0 aromatic heterocycles. The van der Waals surface area contributed by atoms with Crippen LogP contribution in [-0.4, -0.2) is 23.4 Å². The topological polar surface area (TPSA) is 29.3 Å². The van der Waals surface area contributed by atoms with Crippen LogP contribution in [0.4, 0.5) is 0 Å². The Balaban J connectivity index is 2.30. The summed E-state index contributed by atoms with van der Waals surface area (Å²) in [6.45, 7) is 1.86. The van der Waals surface area contributed by atoms with Gasteiger partial charge in [-0.3, -0.25) is 0 Å². The quantitative estimate of drug-likeness (QED) is 0.501. The van der Waals surface area contributed by atoms with Crippen LogP contribution in [-0.2, 0) is 0 Å². The van der Waals surface area contributed by atoms with Crippen LogP contribution < -0.4 is 5.73 Å². The zero-order valence-corrected chi connectivity index (χ0v) is 5.77. The molecule has 1 aliphatic rings. The normalized spacial score (nSPS) is 31.5. The fourth-order valence-electron chi connectivity index (χ4n) is 1.06. The van der Waals surface area contributed by atoms with Gasteiger partial charge in [0, 0.05) is 19.1 Å². The lowest BCUT2D eigenvalue weighted by atomic mass is 10.2. The molecule has 48 valence electrons. The average molecular weight is 132 g/mol. The molecular formula is C5H12N2S. The molecule has 0 amide bonds. The van der Waals surface area contributed by atoms with Gasteiger partial charge >= 0.3 is 0 Å². The van der Waals surface area contributed by atoms with Gasteiger partial charge in [0.1, 0.15) is 0 Å². The molecule has 0 aromatic rings. The van der Waals surface area contributed by atoms with Crippen molar-refractivity contribution in [3.8, 4) is 0 Å². The minimum atomic E-state index is 0.540. The standard InChI is InChI=1S/C5H12N2S/c6-4-5-2-1-3-7(5)8/h5,8H,1-4,6H2. The van der Waals surface area contributed by atoms with Crippen molar-refractivity contribution in [1.29, 1.82) is 0 Å². The van der Waals surface area contributed by atoms with Gasteiger partial charge in [-0.25, -0.2) is 4.31 Å². The summed E-state index contributed by atoms with van der Waals surface area (Å²) in [5.74, 6) is 0. The van der Waals surface area contributed by atoms with Crippen LogP contribution in [0.5, 0.6) is 0 Å². The highest BCUT2D eigenvalue weighted by Crippen LogP contribution is 2.16. The first-order valence-electron chi connectivity index (χ1n) is 3.00. The number of rotatable bonds is 1. The van der Waals surface area contributed by atoms with Crippen LogP contribution in [0.15, 0.2) is 0 Å². The van der Waals surface area contributed by atoms with E-state index in [0.717, 1.165) is 13.1 Å². The average Bonchev–Trinajstić information content (AvgIpc) is 2.14. The predicted molar refractivity (Wildman–Crippen MR) is 37.8 cm³/mol. The van der Waals surface area contributed by atoms with Crippen molar-refractivity contribution in [3.05, 3.63) is 0 Å². The maximum atomic E-state index is 5.43. The van der Waals surface area contributed by atoms with E-state index in [9.17, 15) is 0 Å². The molecule has 1 unspecified atom stereocenters. The molecule has 1 fully saturated rings. The Hall–Kier alpha value is 0.270. The zero-order valence-electron chi connectivity index (χ0n) is 4.88. The second-order valence-electron chi connectivity index (χ2n) is 2.19. The van der Waals surface area contributed by atoms with Crippen LogP contribution >= 0.6 is 12.8 Å². The van der Waals surface area contributed by atoms with E-state index >= 15 is 0 Å². The Morgan fingerprint density at radius 3 is 2.75 bits per heavy atom. The second kappa shape index (κ2) is 2.71. The summed E-state index contributed by atoms with van der Waals surface area (Å²) in [4.78, 5) is 0. The molecular weight excluding hydrogens is 120 g/mol. The Morgan fingerprint density at radius 2 is 2.50 bits per heavy atom. The van der Waals surface area contributed by atoms with Gasteiger partial charge in [-0.05, 0) is 12.8 Å². The molecule has 2 N–H and O–H groups in total. The van der Waals surface area contributed by atoms with Gasteiger partial charge in [0.05, 0.1) is 0 Å². The molecule has 8 heavy (non-hydrogen) atoms. The molecule has 2 nitrogen and oxygen atoms in total. The Kier molecular flexibility index (Phi) is 2.16. The molecule has 1 atom stereocenters. The number of nitrogens with zero attached hydrogens (tertiary/aromatic N) is 1. The van der Waals surface area contributed by atoms with E-state index in [1.165, 1.54) is 12.8 Å². The van der Waals surface area contributed by atoms with Gasteiger partial charge in [0.15, 0.2) is 0 Å². The highest BCUT2D eigenvalue weighted by atomic mass is 32.1. The largest absolute Gasteiger partial charge is 0.329 e. The van der Waals surface area contributed by atoms with Crippen LogP contribution in [0, 0.1) is 0 Å². The lowest BCUT2D eigenvalue weighted by Gasteiger charge is -2.14. The van der Waals surface area contributed by atoms with Crippen LogP contribution in [0.25, 0.3) is 0 Å². The number of thiol groups is 1. The molecule has 3 heteroatoms. The lowest BCUT2D eigenvalue weighted by Crippen LogP contribution is -2.28. The van der Waals surface area contributed by atoms with Gasteiger partial charge < -0.3 is 5.73 Å². The molecule has 1 heterocycles. The molecule has 0 aromatic carbocycles. The van der Waals surface area contributed by atoms with E-state index < -0.39 is 0 Å². The Bertz CT molecular complexity index is 76.8. The minimum absolute atomic E-state index is 0.540. The summed E-state index contributed by atoms with van der Waals surface area (Å²) in [6, 6.07) is 0.540. The third kappa shape index (κ3) is 1.16. The van der Waals surface area contributed by atoms with Crippen molar-refractivity contribution in [2.24, 2.45) is 5.73 Å². The monoisotopic (exact) mass is 132 g/mol. The van der Waals surface area contributed by atoms with Gasteiger partial charge in [0.25, 0.3) is 0 Å². The highest BCUT2D eigenvalue weighted by Gasteiger charge is 2.19. The van der Waals surface area contributed by atoms with Gasteiger partial charge in [-0.1, -0.05) is 12.8 Å². The van der Waals surface area contributed by atoms with Crippen molar-refractivity contribution < 1.29 is 0 Å². The molecule has 0 saturated carbocycles. The van der Waals surface area contributed by atoms with Crippen LogP contribution in [0.1, 0.15) is 12.8 Å². The third-order valence-corrected chi connectivity index (χ3v) is 2.14. The minimum Gasteiger partial charge on any atom is -0.329 e. The van der Waals surface area contributed by atoms with E-state index in [2.05, 4.69) is 12.8 Å². The fourth-order valence-corrected chi connectivity index (χ4v) is 1.41. The van der Waals surface area contributed by atoms with Crippen molar-refractivity contribution in [2.45, 2.75) is 18.9 Å². The number of nitrogens with two attached hydrogens (primary N) is 1. The zero-order chi connectivity index (χ0) is 5.98. The molecule has 0 radical (unpaired) electrons. The molecule has 1 rings (SSSR count). The summed E-state index contributed by atoms with van der Waals surface area (Å²) >= 11 is 4.22. The maximum absolute atomic E-state index is 5.43. The molecule has 1 aliphatic heterocycles. The Morgan fingerprint density at radius 1 is 1.75 bits per heavy atom. The SMILES string of the molecule is NCC1CCCN1S. The molecule has 0 bridgehead atoms. The molecule has 1 saturated heterocycles.